The monoisotopic (exact) mass is 261 g/mol. The van der Waals surface area contributed by atoms with Crippen LogP contribution in [0.3, 0.4) is 0 Å². The maximum atomic E-state index is 6.19. The predicted molar refractivity (Wildman–Crippen MR) is 71.9 cm³/mol. The molecule has 0 aliphatic heterocycles. The number of ether oxygens (including phenoxy) is 1. The van der Waals surface area contributed by atoms with E-state index in [1.807, 2.05) is 31.2 Å². The minimum atomic E-state index is -0.433. The van der Waals surface area contributed by atoms with E-state index in [9.17, 15) is 0 Å². The largest absolute Gasteiger partial charge is 0.494 e. The summed E-state index contributed by atoms with van der Waals surface area (Å²) in [6, 6.07) is 7.22. The summed E-state index contributed by atoms with van der Waals surface area (Å²) in [6.07, 6.45) is 1.74. The second-order valence-corrected chi connectivity index (χ2v) is 4.24. The lowest BCUT2D eigenvalue weighted by Crippen LogP contribution is -2.15. The van der Waals surface area contributed by atoms with E-state index in [4.69, 9.17) is 15.0 Å². The molecule has 1 heterocycles. The third-order valence-electron chi connectivity index (χ3n) is 2.78. The Morgan fingerprint density at radius 1 is 1.32 bits per heavy atom. The zero-order valence-electron chi connectivity index (χ0n) is 11.3. The van der Waals surface area contributed by atoms with Crippen LogP contribution in [0.4, 0.5) is 0 Å². The highest BCUT2D eigenvalue weighted by molar-refractivity contribution is 5.38. The van der Waals surface area contributed by atoms with Crippen LogP contribution in [-0.4, -0.2) is 16.7 Å². The number of para-hydroxylation sites is 1. The first-order chi connectivity index (χ1) is 9.26. The van der Waals surface area contributed by atoms with Gasteiger partial charge in [0.25, 0.3) is 0 Å². The van der Waals surface area contributed by atoms with Gasteiger partial charge in [-0.3, -0.25) is 0 Å². The third-order valence-corrected chi connectivity index (χ3v) is 2.78. The molecule has 2 rings (SSSR count). The molecule has 1 aromatic heterocycles. The molecular weight excluding hydrogens is 242 g/mol. The molecule has 5 nitrogen and oxygen atoms in total. The molecule has 19 heavy (non-hydrogen) atoms. The minimum Gasteiger partial charge on any atom is -0.494 e. The maximum Gasteiger partial charge on any atom is 0.226 e. The summed E-state index contributed by atoms with van der Waals surface area (Å²) in [4.78, 5) is 4.32. The summed E-state index contributed by atoms with van der Waals surface area (Å²) in [5, 5.41) is 3.95. The van der Waals surface area contributed by atoms with Crippen LogP contribution in [0, 0.1) is 0 Å². The molecule has 2 N–H and O–H groups in total. The Balaban J connectivity index is 2.24. The quantitative estimate of drug-likeness (QED) is 0.864. The summed E-state index contributed by atoms with van der Waals surface area (Å²) >= 11 is 0. The van der Waals surface area contributed by atoms with Crippen molar-refractivity contribution in [3.8, 4) is 5.75 Å². The van der Waals surface area contributed by atoms with E-state index < -0.39 is 6.04 Å². The van der Waals surface area contributed by atoms with Crippen LogP contribution >= 0.6 is 0 Å². The number of rotatable bonds is 6. The van der Waals surface area contributed by atoms with Gasteiger partial charge in [-0.1, -0.05) is 30.3 Å². The van der Waals surface area contributed by atoms with E-state index in [1.54, 1.807) is 0 Å². The molecule has 1 aromatic carbocycles. The topological polar surface area (TPSA) is 74.2 Å². The second kappa shape index (κ2) is 6.33. The molecule has 0 saturated carbocycles. The Bertz CT molecular complexity index is 525. The summed E-state index contributed by atoms with van der Waals surface area (Å²) in [6.45, 7) is 4.60. The van der Waals surface area contributed by atoms with Gasteiger partial charge in [0.15, 0.2) is 5.82 Å². The first kappa shape index (κ1) is 13.5. The fourth-order valence-electron chi connectivity index (χ4n) is 1.87. The highest BCUT2D eigenvalue weighted by Gasteiger charge is 2.19. The van der Waals surface area contributed by atoms with Crippen molar-refractivity contribution in [3.63, 3.8) is 0 Å². The van der Waals surface area contributed by atoms with E-state index >= 15 is 0 Å². The first-order valence-corrected chi connectivity index (χ1v) is 6.56. The SMILES string of the molecule is CCCc1nc(C(N)c2ccccc2OCC)no1. The second-order valence-electron chi connectivity index (χ2n) is 4.24. The molecule has 0 saturated heterocycles. The average Bonchev–Trinajstić information content (AvgIpc) is 2.88. The van der Waals surface area contributed by atoms with E-state index in [-0.39, 0.29) is 0 Å². The molecule has 5 heteroatoms. The van der Waals surface area contributed by atoms with Crippen LogP contribution in [-0.2, 0) is 6.42 Å². The van der Waals surface area contributed by atoms with Crippen LogP contribution in [0.25, 0.3) is 0 Å². The lowest BCUT2D eigenvalue weighted by Gasteiger charge is -2.13. The molecule has 1 atom stereocenters. The zero-order valence-corrected chi connectivity index (χ0v) is 11.3. The van der Waals surface area contributed by atoms with Crippen molar-refractivity contribution in [1.82, 2.24) is 10.1 Å². The van der Waals surface area contributed by atoms with Gasteiger partial charge in [0.1, 0.15) is 5.75 Å². The number of nitrogens with two attached hydrogens (primary N) is 1. The lowest BCUT2D eigenvalue weighted by molar-refractivity contribution is 0.334. The van der Waals surface area contributed by atoms with Gasteiger partial charge in [0.05, 0.1) is 12.6 Å². The van der Waals surface area contributed by atoms with Gasteiger partial charge in [-0.15, -0.1) is 0 Å². The Morgan fingerprint density at radius 3 is 2.84 bits per heavy atom. The van der Waals surface area contributed by atoms with Crippen LogP contribution in [0.15, 0.2) is 28.8 Å². The fourth-order valence-corrected chi connectivity index (χ4v) is 1.87. The van der Waals surface area contributed by atoms with Crippen molar-refractivity contribution in [1.29, 1.82) is 0 Å². The molecule has 0 radical (unpaired) electrons. The van der Waals surface area contributed by atoms with Crippen LogP contribution in [0.2, 0.25) is 0 Å². The van der Waals surface area contributed by atoms with Crippen molar-refractivity contribution < 1.29 is 9.26 Å². The van der Waals surface area contributed by atoms with Crippen LogP contribution in [0.5, 0.6) is 5.75 Å². The van der Waals surface area contributed by atoms with Gasteiger partial charge in [-0.2, -0.15) is 4.98 Å². The number of aryl methyl sites for hydroxylation is 1. The van der Waals surface area contributed by atoms with Crippen molar-refractivity contribution >= 4 is 0 Å². The van der Waals surface area contributed by atoms with Crippen molar-refractivity contribution in [2.45, 2.75) is 32.7 Å². The van der Waals surface area contributed by atoms with Crippen molar-refractivity contribution in [2.24, 2.45) is 5.73 Å². The maximum absolute atomic E-state index is 6.19. The van der Waals surface area contributed by atoms with E-state index in [1.165, 1.54) is 0 Å². The summed E-state index contributed by atoms with van der Waals surface area (Å²) in [5.41, 5.74) is 7.06. The van der Waals surface area contributed by atoms with E-state index in [2.05, 4.69) is 17.1 Å². The van der Waals surface area contributed by atoms with Crippen LogP contribution < -0.4 is 10.5 Å². The van der Waals surface area contributed by atoms with E-state index in [0.29, 0.717) is 18.3 Å². The smallest absolute Gasteiger partial charge is 0.226 e. The van der Waals surface area contributed by atoms with Gasteiger partial charge in [0.2, 0.25) is 5.89 Å². The van der Waals surface area contributed by atoms with Gasteiger partial charge < -0.3 is 15.0 Å². The number of hydrogen-bond donors (Lipinski definition) is 1. The van der Waals surface area contributed by atoms with E-state index in [0.717, 1.165) is 24.2 Å². The zero-order chi connectivity index (χ0) is 13.7. The molecule has 0 amide bonds. The normalized spacial score (nSPS) is 12.4. The van der Waals surface area contributed by atoms with Gasteiger partial charge in [-0.05, 0) is 19.4 Å². The lowest BCUT2D eigenvalue weighted by atomic mass is 10.1. The number of hydrogen-bond acceptors (Lipinski definition) is 5. The highest BCUT2D eigenvalue weighted by Crippen LogP contribution is 2.26. The summed E-state index contributed by atoms with van der Waals surface area (Å²) in [5.74, 6) is 1.89. The number of nitrogens with zero attached hydrogens (tertiary/aromatic N) is 2. The number of benzene rings is 1. The van der Waals surface area contributed by atoms with Gasteiger partial charge in [-0.25, -0.2) is 0 Å². The first-order valence-electron chi connectivity index (χ1n) is 6.56. The Labute approximate surface area is 112 Å². The summed E-state index contributed by atoms with van der Waals surface area (Å²) < 4.78 is 10.7. The number of aromatic nitrogens is 2. The third kappa shape index (κ3) is 3.12. The standard InChI is InChI=1S/C14H19N3O2/c1-3-7-12-16-14(17-19-12)13(15)10-8-5-6-9-11(10)18-4-2/h5-6,8-9,13H,3-4,7,15H2,1-2H3. The molecule has 0 aliphatic rings. The predicted octanol–water partition coefficient (Wildman–Crippen LogP) is 2.47. The summed E-state index contributed by atoms with van der Waals surface area (Å²) in [7, 11) is 0. The van der Waals surface area contributed by atoms with Crippen molar-refractivity contribution in [3.05, 3.63) is 41.5 Å². The molecule has 102 valence electrons. The molecule has 0 bridgehead atoms. The average molecular weight is 261 g/mol. The Hall–Kier alpha value is -1.88. The molecule has 1 unspecified atom stereocenters. The molecule has 0 aliphatic carbocycles. The Morgan fingerprint density at radius 2 is 2.11 bits per heavy atom. The molecule has 2 aromatic rings. The minimum absolute atomic E-state index is 0.433. The Kier molecular flexibility index (Phi) is 4.52. The highest BCUT2D eigenvalue weighted by atomic mass is 16.5. The molecular formula is C14H19N3O2. The van der Waals surface area contributed by atoms with Crippen LogP contribution in [0.1, 0.15) is 43.6 Å². The fraction of sp³-hybridized carbons (Fsp3) is 0.429. The van der Waals surface area contributed by atoms with Gasteiger partial charge >= 0.3 is 0 Å². The van der Waals surface area contributed by atoms with Gasteiger partial charge in [0, 0.05) is 12.0 Å². The van der Waals surface area contributed by atoms with Crippen molar-refractivity contribution in [2.75, 3.05) is 6.61 Å². The molecule has 0 fully saturated rings. The molecule has 0 spiro atoms.